The smallest absolute Gasteiger partial charge is 0.293 e. The van der Waals surface area contributed by atoms with Gasteiger partial charge in [0.05, 0.1) is 23.6 Å². The van der Waals surface area contributed by atoms with Gasteiger partial charge in [0.25, 0.3) is 6.47 Å². The van der Waals surface area contributed by atoms with Crippen LogP contribution in [-0.2, 0) is 16.1 Å². The van der Waals surface area contributed by atoms with Gasteiger partial charge in [0.2, 0.25) is 0 Å². The van der Waals surface area contributed by atoms with Crippen molar-refractivity contribution in [1.82, 2.24) is 25.1 Å². The second-order valence-corrected chi connectivity index (χ2v) is 9.19. The maximum atomic E-state index is 9.60. The van der Waals surface area contributed by atoms with Crippen LogP contribution >= 0.6 is 15.9 Å². The van der Waals surface area contributed by atoms with Gasteiger partial charge < -0.3 is 10.1 Å². The molecule has 0 spiro atoms. The fourth-order valence-corrected chi connectivity index (χ4v) is 3.65. The summed E-state index contributed by atoms with van der Waals surface area (Å²) in [7, 11) is 0. The minimum absolute atomic E-state index is 0.318. The van der Waals surface area contributed by atoms with E-state index < -0.39 is 0 Å². The molecular formula is C22H28BrN5O2. The zero-order valence-electron chi connectivity index (χ0n) is 17.6. The molecule has 0 bridgehead atoms. The van der Waals surface area contributed by atoms with Gasteiger partial charge in [0, 0.05) is 22.8 Å². The molecule has 1 saturated heterocycles. The minimum Gasteiger partial charge on any atom is -0.462 e. The highest BCUT2D eigenvalue weighted by molar-refractivity contribution is 9.10. The monoisotopic (exact) mass is 473 g/mol. The van der Waals surface area contributed by atoms with Crippen molar-refractivity contribution in [1.29, 1.82) is 0 Å². The van der Waals surface area contributed by atoms with E-state index in [1.165, 1.54) is 12.8 Å². The molecule has 0 aliphatic carbocycles. The summed E-state index contributed by atoms with van der Waals surface area (Å²) in [5.41, 5.74) is 3.34. The van der Waals surface area contributed by atoms with Crippen molar-refractivity contribution >= 4 is 33.4 Å². The summed E-state index contributed by atoms with van der Waals surface area (Å²) in [5.74, 6) is 0.709. The number of nitrogens with one attached hydrogen (secondary N) is 1. The summed E-state index contributed by atoms with van der Waals surface area (Å²) < 4.78 is 7.55. The third-order valence-corrected chi connectivity index (χ3v) is 5.40. The van der Waals surface area contributed by atoms with Gasteiger partial charge in [0.1, 0.15) is 11.1 Å². The zero-order valence-corrected chi connectivity index (χ0v) is 19.2. The van der Waals surface area contributed by atoms with E-state index in [4.69, 9.17) is 4.98 Å². The van der Waals surface area contributed by atoms with Gasteiger partial charge in [-0.15, -0.1) is 0 Å². The van der Waals surface area contributed by atoms with E-state index in [0.29, 0.717) is 12.4 Å². The summed E-state index contributed by atoms with van der Waals surface area (Å²) in [5, 5.41) is 7.91. The Labute approximate surface area is 185 Å². The molecule has 160 valence electrons. The van der Waals surface area contributed by atoms with Crippen LogP contribution in [0.15, 0.2) is 41.3 Å². The number of carbonyl (C=O) groups excluding carboxylic acids is 1. The lowest BCUT2D eigenvalue weighted by molar-refractivity contribution is -0.138. The molecule has 0 amide bonds. The summed E-state index contributed by atoms with van der Waals surface area (Å²) in [4.78, 5) is 18.8. The lowest BCUT2D eigenvalue weighted by Gasteiger charge is -2.22. The molecule has 1 aromatic carbocycles. The molecule has 2 aromatic heterocycles. The molecule has 1 fully saturated rings. The zero-order chi connectivity index (χ0) is 21.6. The molecule has 0 radical (unpaired) electrons. The number of halogens is 1. The first-order chi connectivity index (χ1) is 14.4. The molecule has 30 heavy (non-hydrogen) atoms. The number of aromatic nitrogens is 4. The largest absolute Gasteiger partial charge is 0.462 e. The number of hydrogen-bond donors (Lipinski definition) is 1. The highest BCUT2D eigenvalue weighted by atomic mass is 79.9. The number of benzene rings is 1. The van der Waals surface area contributed by atoms with Crippen LogP contribution in [0.2, 0.25) is 0 Å². The highest BCUT2D eigenvalue weighted by Crippen LogP contribution is 2.24. The van der Waals surface area contributed by atoms with E-state index in [2.05, 4.69) is 42.3 Å². The first-order valence-electron chi connectivity index (χ1n) is 10.1. The van der Waals surface area contributed by atoms with E-state index in [0.717, 1.165) is 46.4 Å². The topological polar surface area (TPSA) is 81.9 Å². The molecule has 3 heterocycles. The molecule has 0 atom stereocenters. The van der Waals surface area contributed by atoms with Crippen LogP contribution in [0.5, 0.6) is 0 Å². The van der Waals surface area contributed by atoms with Crippen LogP contribution in [0.25, 0.3) is 22.3 Å². The number of nitrogens with zero attached hydrogens (tertiary/aromatic N) is 4. The number of hydrogen-bond acceptors (Lipinski definition) is 6. The third-order valence-electron chi connectivity index (χ3n) is 4.76. The molecule has 1 aliphatic heterocycles. The Morgan fingerprint density at radius 3 is 2.70 bits per heavy atom. The van der Waals surface area contributed by atoms with Crippen LogP contribution in [-0.4, -0.2) is 44.9 Å². The highest BCUT2D eigenvalue weighted by Gasteiger charge is 2.15. The molecule has 1 N–H and O–H groups in total. The van der Waals surface area contributed by atoms with E-state index in [9.17, 15) is 4.79 Å². The molecule has 8 heteroatoms. The summed E-state index contributed by atoms with van der Waals surface area (Å²) >= 11 is 3.55. The molecule has 1 aliphatic rings. The van der Waals surface area contributed by atoms with Crippen molar-refractivity contribution in [2.75, 3.05) is 13.1 Å². The molecule has 3 aromatic rings. The second kappa shape index (κ2) is 10.1. The van der Waals surface area contributed by atoms with Crippen molar-refractivity contribution in [2.45, 2.75) is 45.8 Å². The molecule has 0 saturated carbocycles. The van der Waals surface area contributed by atoms with E-state index >= 15 is 0 Å². The number of fused-ring (bicyclic) bond motifs is 1. The van der Waals surface area contributed by atoms with Crippen LogP contribution in [0.1, 0.15) is 33.6 Å². The van der Waals surface area contributed by atoms with Gasteiger partial charge in [0.15, 0.2) is 0 Å². The normalized spacial score (nSPS) is 14.8. The Morgan fingerprint density at radius 2 is 2.03 bits per heavy atom. The Morgan fingerprint density at radius 1 is 1.27 bits per heavy atom. The second-order valence-electron chi connectivity index (χ2n) is 8.33. The number of rotatable bonds is 4. The first kappa shape index (κ1) is 22.4. The summed E-state index contributed by atoms with van der Waals surface area (Å²) in [6, 6.07) is 5.93. The van der Waals surface area contributed by atoms with Crippen molar-refractivity contribution in [2.24, 2.45) is 5.92 Å². The summed E-state index contributed by atoms with van der Waals surface area (Å²) in [6.07, 6.45) is 8.22. The fourth-order valence-electron chi connectivity index (χ4n) is 3.21. The van der Waals surface area contributed by atoms with E-state index in [1.54, 1.807) is 0 Å². The average molecular weight is 474 g/mol. The number of para-hydroxylation sites is 1. The predicted molar refractivity (Wildman–Crippen MR) is 121 cm³/mol. The molecule has 4 rings (SSSR count). The number of ether oxygens (including phenoxy) is 1. The third kappa shape index (κ3) is 6.34. The van der Waals surface area contributed by atoms with Crippen molar-refractivity contribution in [3.05, 3.63) is 41.3 Å². The van der Waals surface area contributed by atoms with Gasteiger partial charge in [-0.2, -0.15) is 5.10 Å². The average Bonchev–Trinajstić information content (AvgIpc) is 3.17. The Bertz CT molecular complexity index is 977. The quantitative estimate of drug-likeness (QED) is 0.571. The first-order valence-corrected chi connectivity index (χ1v) is 10.9. The Balaban J connectivity index is 0.000000318. The molecule has 7 nitrogen and oxygen atoms in total. The van der Waals surface area contributed by atoms with Crippen LogP contribution in [0.4, 0.5) is 0 Å². The predicted octanol–water partition coefficient (Wildman–Crippen LogP) is 4.21. The van der Waals surface area contributed by atoms with Crippen molar-refractivity contribution in [3.63, 3.8) is 0 Å². The Kier molecular flexibility index (Phi) is 7.55. The van der Waals surface area contributed by atoms with Gasteiger partial charge in [-0.05, 0) is 80.7 Å². The fraction of sp³-hybridized carbons (Fsp3) is 0.455. The number of piperidine rings is 1. The van der Waals surface area contributed by atoms with Crippen LogP contribution in [0.3, 0.4) is 0 Å². The standard InChI is InChI=1S/C17H18BrN5.C5H10O2/c18-14-2-1-3-15-17(14)22-16(9-20-15)13-8-21-23(11-13)10-12-4-6-19-7-5-12;1-5(2,3)7-4-6/h1-3,8-9,11-12,19H,4-7,10H2;4H,1-3H3. The van der Waals surface area contributed by atoms with Gasteiger partial charge >= 0.3 is 0 Å². The van der Waals surface area contributed by atoms with E-state index in [-0.39, 0.29) is 5.60 Å². The maximum absolute atomic E-state index is 9.60. The SMILES string of the molecule is Brc1cccc2ncc(-c3cnn(CC4CCNCC4)c3)nc12.CC(C)(C)OC=O. The summed E-state index contributed by atoms with van der Waals surface area (Å²) in [6.45, 7) is 9.13. The van der Waals surface area contributed by atoms with Crippen molar-refractivity contribution in [3.8, 4) is 11.3 Å². The van der Waals surface area contributed by atoms with Crippen LogP contribution < -0.4 is 5.32 Å². The minimum atomic E-state index is -0.318. The van der Waals surface area contributed by atoms with Gasteiger partial charge in [-0.1, -0.05) is 6.07 Å². The number of carbonyl (C=O) groups is 1. The van der Waals surface area contributed by atoms with Crippen molar-refractivity contribution < 1.29 is 9.53 Å². The molecule has 0 unspecified atom stereocenters. The lowest BCUT2D eigenvalue weighted by atomic mass is 9.98. The maximum Gasteiger partial charge on any atom is 0.293 e. The molecular weight excluding hydrogens is 446 g/mol. The van der Waals surface area contributed by atoms with E-state index in [1.807, 2.05) is 56.0 Å². The van der Waals surface area contributed by atoms with Crippen LogP contribution in [0, 0.1) is 5.92 Å². The Hall–Kier alpha value is -2.32. The lowest BCUT2D eigenvalue weighted by Crippen LogP contribution is -2.29. The van der Waals surface area contributed by atoms with Gasteiger partial charge in [-0.3, -0.25) is 14.5 Å². The van der Waals surface area contributed by atoms with Gasteiger partial charge in [-0.25, -0.2) is 4.98 Å².